The van der Waals surface area contributed by atoms with Crippen molar-refractivity contribution in [1.82, 2.24) is 15.3 Å². The minimum atomic E-state index is -0.745. The highest BCUT2D eigenvalue weighted by molar-refractivity contribution is 7.07. The van der Waals surface area contributed by atoms with Gasteiger partial charge in [0, 0.05) is 35.2 Å². The van der Waals surface area contributed by atoms with Crippen LogP contribution in [0.1, 0.15) is 61.0 Å². The first-order chi connectivity index (χ1) is 15.9. The van der Waals surface area contributed by atoms with Crippen LogP contribution in [0.4, 0.5) is 9.59 Å². The molecule has 34 heavy (non-hydrogen) atoms. The molecule has 0 spiro atoms. The lowest BCUT2D eigenvalue weighted by Crippen LogP contribution is -2.33. The number of alkyl carbamates (subject to hydrolysis) is 1. The molecule has 1 amide bonds. The summed E-state index contributed by atoms with van der Waals surface area (Å²) in [7, 11) is 0. The Morgan fingerprint density at radius 1 is 1.06 bits per heavy atom. The minimum Gasteiger partial charge on any atom is -0.444 e. The van der Waals surface area contributed by atoms with Crippen LogP contribution in [-0.2, 0) is 15.9 Å². The summed E-state index contributed by atoms with van der Waals surface area (Å²) in [4.78, 5) is 30.5. The van der Waals surface area contributed by atoms with E-state index >= 15 is 0 Å². The Labute approximate surface area is 206 Å². The van der Waals surface area contributed by atoms with Gasteiger partial charge in [-0.2, -0.15) is 0 Å². The second-order valence-electron chi connectivity index (χ2n) is 8.94. The monoisotopic (exact) mass is 491 g/mol. The predicted molar refractivity (Wildman–Crippen MR) is 137 cm³/mol. The van der Waals surface area contributed by atoms with Crippen molar-refractivity contribution in [3.63, 3.8) is 0 Å². The molecule has 2 N–H and O–H groups in total. The molecule has 2 aromatic heterocycles. The van der Waals surface area contributed by atoms with Crippen molar-refractivity contribution in [2.45, 2.75) is 73.0 Å². The molecule has 0 saturated heterocycles. The summed E-state index contributed by atoms with van der Waals surface area (Å²) in [5, 5.41) is 5.58. The number of hydrogen-bond acceptors (Lipinski definition) is 7. The van der Waals surface area contributed by atoms with Gasteiger partial charge >= 0.3 is 12.2 Å². The molecule has 0 aliphatic carbocycles. The van der Waals surface area contributed by atoms with E-state index in [2.05, 4.69) is 15.3 Å². The number of thiazole rings is 1. The summed E-state index contributed by atoms with van der Waals surface area (Å²) in [6.07, 6.45) is 3.06. The molecule has 0 fully saturated rings. The Balaban J connectivity index is 0.000000715. The average molecular weight is 492 g/mol. The fourth-order valence-electron chi connectivity index (χ4n) is 2.58. The first-order valence-electron chi connectivity index (χ1n) is 11.2. The van der Waals surface area contributed by atoms with E-state index < -0.39 is 23.5 Å². The standard InChI is InChI=1S/C20H28N2O5.C3H3NS.C2H6/c1-19(2,3)26-17(23)21-10-9-13-12-22-16-8-7-14(11-15(13)16)25-18(24)27-20(4,5)6;1-2-5-3-4-1;1-2/h7-8,11-12,22H,9-10H2,1-6H3,(H,21,23);1-3H;1-2H3. The van der Waals surface area contributed by atoms with Gasteiger partial charge < -0.3 is 24.5 Å². The van der Waals surface area contributed by atoms with Crippen molar-refractivity contribution in [3.8, 4) is 5.75 Å². The second-order valence-corrected chi connectivity index (χ2v) is 9.70. The van der Waals surface area contributed by atoms with Crippen molar-refractivity contribution < 1.29 is 23.8 Å². The van der Waals surface area contributed by atoms with E-state index in [1.807, 2.05) is 52.3 Å². The zero-order chi connectivity index (χ0) is 25.8. The predicted octanol–water partition coefficient (Wildman–Crippen LogP) is 6.72. The molecule has 3 aromatic rings. The van der Waals surface area contributed by atoms with Crippen molar-refractivity contribution in [3.05, 3.63) is 47.0 Å². The molecule has 8 nitrogen and oxygen atoms in total. The van der Waals surface area contributed by atoms with Crippen molar-refractivity contribution in [1.29, 1.82) is 0 Å². The van der Waals surface area contributed by atoms with Crippen LogP contribution in [-0.4, -0.2) is 40.0 Å². The smallest absolute Gasteiger partial charge is 0.444 e. The third kappa shape index (κ3) is 11.7. The number of hydrogen-bond donors (Lipinski definition) is 2. The van der Waals surface area contributed by atoms with Gasteiger partial charge in [-0.25, -0.2) is 9.59 Å². The normalized spacial score (nSPS) is 10.8. The summed E-state index contributed by atoms with van der Waals surface area (Å²) >= 11 is 1.60. The van der Waals surface area contributed by atoms with E-state index in [-0.39, 0.29) is 0 Å². The van der Waals surface area contributed by atoms with E-state index in [1.165, 1.54) is 0 Å². The Bertz CT molecular complexity index is 985. The van der Waals surface area contributed by atoms with Crippen LogP contribution in [0.2, 0.25) is 0 Å². The Morgan fingerprint density at radius 2 is 1.74 bits per heavy atom. The molecule has 1 aromatic carbocycles. The maximum Gasteiger partial charge on any atom is 0.514 e. The number of benzene rings is 1. The van der Waals surface area contributed by atoms with E-state index in [1.54, 1.807) is 55.9 Å². The lowest BCUT2D eigenvalue weighted by atomic mass is 10.1. The summed E-state index contributed by atoms with van der Waals surface area (Å²) in [6.45, 7) is 15.2. The summed E-state index contributed by atoms with van der Waals surface area (Å²) in [5.41, 5.74) is 2.56. The first kappa shape index (κ1) is 29.0. The van der Waals surface area contributed by atoms with Crippen LogP contribution in [0.15, 0.2) is 41.5 Å². The van der Waals surface area contributed by atoms with Crippen LogP contribution >= 0.6 is 11.3 Å². The largest absolute Gasteiger partial charge is 0.514 e. The lowest BCUT2D eigenvalue weighted by molar-refractivity contribution is 0.0206. The van der Waals surface area contributed by atoms with Crippen LogP contribution in [0, 0.1) is 0 Å². The molecule has 0 aliphatic heterocycles. The van der Waals surface area contributed by atoms with Crippen LogP contribution in [0.5, 0.6) is 5.75 Å². The van der Waals surface area contributed by atoms with Gasteiger partial charge in [0.15, 0.2) is 0 Å². The molecular formula is C25H37N3O5S. The third-order valence-electron chi connectivity index (χ3n) is 3.74. The number of nitrogens with one attached hydrogen (secondary N) is 2. The van der Waals surface area contributed by atoms with Crippen molar-refractivity contribution >= 4 is 34.5 Å². The molecule has 0 saturated carbocycles. The van der Waals surface area contributed by atoms with Crippen molar-refractivity contribution in [2.75, 3.05) is 6.54 Å². The van der Waals surface area contributed by atoms with Gasteiger partial charge in [-0.1, -0.05) is 13.8 Å². The SMILES string of the molecule is CC.CC(C)(C)OC(=O)NCCc1c[nH]c2ccc(OC(=O)OC(C)(C)C)cc12.c1cscn1. The molecule has 0 unspecified atom stereocenters. The summed E-state index contributed by atoms with van der Waals surface area (Å²) in [5.74, 6) is 0.401. The molecule has 0 aliphatic rings. The van der Waals surface area contributed by atoms with Crippen LogP contribution < -0.4 is 10.1 Å². The third-order valence-corrected chi connectivity index (χ3v) is 4.26. The summed E-state index contributed by atoms with van der Waals surface area (Å²) < 4.78 is 15.6. The van der Waals surface area contributed by atoms with Gasteiger partial charge in [-0.3, -0.25) is 4.98 Å². The quantitative estimate of drug-likeness (QED) is 0.310. The molecule has 0 atom stereocenters. The molecule has 3 rings (SSSR count). The molecule has 9 heteroatoms. The average Bonchev–Trinajstić information content (AvgIpc) is 3.40. The van der Waals surface area contributed by atoms with E-state index in [0.29, 0.717) is 18.7 Å². The van der Waals surface area contributed by atoms with Crippen molar-refractivity contribution in [2.24, 2.45) is 0 Å². The van der Waals surface area contributed by atoms with E-state index in [0.717, 1.165) is 16.5 Å². The maximum absolute atomic E-state index is 11.8. The van der Waals surface area contributed by atoms with Gasteiger partial charge in [-0.15, -0.1) is 11.3 Å². The molecule has 0 bridgehead atoms. The Hall–Kier alpha value is -3.07. The molecule has 0 radical (unpaired) electrons. The number of fused-ring (bicyclic) bond motifs is 1. The van der Waals surface area contributed by atoms with Gasteiger partial charge in [-0.05, 0) is 71.7 Å². The fraction of sp³-hybridized carbons (Fsp3) is 0.480. The highest BCUT2D eigenvalue weighted by Gasteiger charge is 2.19. The number of carbonyl (C=O) groups excluding carboxylic acids is 2. The number of carbonyl (C=O) groups is 2. The maximum atomic E-state index is 11.8. The van der Waals surface area contributed by atoms with Crippen LogP contribution in [0.3, 0.4) is 0 Å². The fourth-order valence-corrected chi connectivity index (χ4v) is 2.94. The van der Waals surface area contributed by atoms with Gasteiger partial charge in [0.25, 0.3) is 0 Å². The first-order valence-corrected chi connectivity index (χ1v) is 12.2. The second kappa shape index (κ2) is 13.6. The number of aromatic nitrogens is 2. The van der Waals surface area contributed by atoms with Gasteiger partial charge in [0.1, 0.15) is 17.0 Å². The highest BCUT2D eigenvalue weighted by atomic mass is 32.1. The van der Waals surface area contributed by atoms with Gasteiger partial charge in [0.2, 0.25) is 0 Å². The summed E-state index contributed by atoms with van der Waals surface area (Å²) in [6, 6.07) is 5.31. The highest BCUT2D eigenvalue weighted by Crippen LogP contribution is 2.25. The molecular weight excluding hydrogens is 454 g/mol. The number of nitrogens with zero attached hydrogens (tertiary/aromatic N) is 1. The Morgan fingerprint density at radius 3 is 2.26 bits per heavy atom. The lowest BCUT2D eigenvalue weighted by Gasteiger charge is -2.19. The minimum absolute atomic E-state index is 0.401. The Kier molecular flexibility index (Phi) is 11.6. The number of H-pyrrole nitrogens is 1. The molecule has 188 valence electrons. The van der Waals surface area contributed by atoms with Gasteiger partial charge in [0.05, 0.1) is 5.51 Å². The number of rotatable bonds is 4. The molecule has 2 heterocycles. The number of ether oxygens (including phenoxy) is 3. The number of aromatic amines is 1. The zero-order valence-electron chi connectivity index (χ0n) is 21.4. The van der Waals surface area contributed by atoms with Crippen LogP contribution in [0.25, 0.3) is 10.9 Å². The topological polar surface area (TPSA) is 103 Å². The van der Waals surface area contributed by atoms with E-state index in [4.69, 9.17) is 14.2 Å². The van der Waals surface area contributed by atoms with E-state index in [9.17, 15) is 9.59 Å². The zero-order valence-corrected chi connectivity index (χ0v) is 22.2. The number of amides is 1.